The lowest BCUT2D eigenvalue weighted by atomic mass is 10.1. The van der Waals surface area contributed by atoms with E-state index in [-0.39, 0.29) is 11.9 Å². The fourth-order valence-electron chi connectivity index (χ4n) is 2.50. The molecule has 0 radical (unpaired) electrons. The Hall–Kier alpha value is -2.14. The monoisotopic (exact) mass is 370 g/mol. The molecule has 3 nitrogen and oxygen atoms in total. The fraction of sp³-hybridized carbons (Fsp3) is 0.150. The first kappa shape index (κ1) is 17.7. The third kappa shape index (κ3) is 4.69. The predicted molar refractivity (Wildman–Crippen MR) is 105 cm³/mol. The number of halogens is 1. The molecule has 0 bridgehead atoms. The Morgan fingerprint density at radius 2 is 1.96 bits per heavy atom. The minimum atomic E-state index is -0.147. The smallest absolute Gasteiger partial charge is 0.256 e. The second-order valence-corrected chi connectivity index (χ2v) is 6.98. The van der Waals surface area contributed by atoms with Gasteiger partial charge in [-0.25, -0.2) is 0 Å². The van der Waals surface area contributed by atoms with Crippen LogP contribution in [-0.4, -0.2) is 5.91 Å². The minimum Gasteiger partial charge on any atom is -0.321 e. The van der Waals surface area contributed by atoms with Crippen LogP contribution in [0.4, 0.5) is 5.69 Å². The molecule has 0 saturated carbocycles. The molecular weight excluding hydrogens is 352 g/mol. The summed E-state index contributed by atoms with van der Waals surface area (Å²) in [6.45, 7) is 2.82. The van der Waals surface area contributed by atoms with Crippen LogP contribution in [-0.2, 0) is 6.54 Å². The summed E-state index contributed by atoms with van der Waals surface area (Å²) in [5.74, 6) is -0.147. The van der Waals surface area contributed by atoms with Gasteiger partial charge in [-0.05, 0) is 41.6 Å². The zero-order chi connectivity index (χ0) is 17.6. The lowest BCUT2D eigenvalue weighted by Crippen LogP contribution is -2.18. The summed E-state index contributed by atoms with van der Waals surface area (Å²) >= 11 is 7.72. The van der Waals surface area contributed by atoms with Gasteiger partial charge >= 0.3 is 0 Å². The molecule has 0 aliphatic rings. The third-order valence-corrected chi connectivity index (χ3v) is 4.99. The van der Waals surface area contributed by atoms with Crippen LogP contribution in [0.3, 0.4) is 0 Å². The lowest BCUT2D eigenvalue weighted by molar-refractivity contribution is 0.102. The van der Waals surface area contributed by atoms with Gasteiger partial charge in [0.05, 0.1) is 16.3 Å². The van der Waals surface area contributed by atoms with Crippen molar-refractivity contribution in [1.82, 2.24) is 5.32 Å². The Morgan fingerprint density at radius 1 is 1.16 bits per heavy atom. The van der Waals surface area contributed by atoms with Crippen LogP contribution in [0.2, 0.25) is 5.02 Å². The Kier molecular flexibility index (Phi) is 5.87. The van der Waals surface area contributed by atoms with Crippen LogP contribution >= 0.6 is 22.9 Å². The van der Waals surface area contributed by atoms with Gasteiger partial charge in [0.1, 0.15) is 0 Å². The average Bonchev–Trinajstić information content (AvgIpc) is 3.17. The van der Waals surface area contributed by atoms with Gasteiger partial charge in [0.15, 0.2) is 0 Å². The number of thiophene rings is 1. The van der Waals surface area contributed by atoms with Crippen LogP contribution in [0.1, 0.15) is 34.5 Å². The van der Waals surface area contributed by atoms with Crippen LogP contribution in [0.5, 0.6) is 0 Å². The standard InChI is InChI=1S/C20H19ClN2OS/c1-14(16-5-3-2-4-6-16)22-12-15-7-8-18(21)19(11-15)23-20(24)17-9-10-25-13-17/h2-11,13-14,22H,12H2,1H3,(H,23,24). The number of anilines is 1. The highest BCUT2D eigenvalue weighted by molar-refractivity contribution is 7.08. The van der Waals surface area contributed by atoms with E-state index in [1.807, 2.05) is 47.2 Å². The van der Waals surface area contributed by atoms with Gasteiger partial charge in [-0.1, -0.05) is 48.0 Å². The van der Waals surface area contributed by atoms with Gasteiger partial charge in [-0.15, -0.1) is 0 Å². The molecule has 2 aromatic carbocycles. The normalized spacial score (nSPS) is 11.9. The quantitative estimate of drug-likeness (QED) is 0.601. The Morgan fingerprint density at radius 3 is 2.68 bits per heavy atom. The molecule has 25 heavy (non-hydrogen) atoms. The van der Waals surface area contributed by atoms with E-state index in [2.05, 4.69) is 29.7 Å². The molecule has 1 amide bonds. The molecule has 1 atom stereocenters. The number of amides is 1. The van der Waals surface area contributed by atoms with Crippen molar-refractivity contribution < 1.29 is 4.79 Å². The van der Waals surface area contributed by atoms with Gasteiger partial charge in [0, 0.05) is 18.0 Å². The molecular formula is C20H19ClN2OS. The van der Waals surface area contributed by atoms with Gasteiger partial charge in [-0.2, -0.15) is 11.3 Å². The summed E-state index contributed by atoms with van der Waals surface area (Å²) in [5.41, 5.74) is 3.57. The Bertz CT molecular complexity index is 834. The summed E-state index contributed by atoms with van der Waals surface area (Å²) in [4.78, 5) is 12.2. The molecule has 3 aromatic rings. The fourth-order valence-corrected chi connectivity index (χ4v) is 3.30. The van der Waals surface area contributed by atoms with Crippen molar-refractivity contribution in [1.29, 1.82) is 0 Å². The maximum Gasteiger partial charge on any atom is 0.256 e. The van der Waals surface area contributed by atoms with E-state index in [1.54, 1.807) is 6.07 Å². The lowest BCUT2D eigenvalue weighted by Gasteiger charge is -2.15. The number of benzene rings is 2. The number of carbonyl (C=O) groups excluding carboxylic acids is 1. The van der Waals surface area contributed by atoms with Crippen LogP contribution in [0, 0.1) is 0 Å². The maximum atomic E-state index is 12.2. The van der Waals surface area contributed by atoms with Crippen LogP contribution < -0.4 is 10.6 Å². The first-order valence-corrected chi connectivity index (χ1v) is 9.36. The van der Waals surface area contributed by atoms with Crippen LogP contribution in [0.25, 0.3) is 0 Å². The first-order valence-electron chi connectivity index (χ1n) is 8.04. The number of nitrogens with one attached hydrogen (secondary N) is 2. The van der Waals surface area contributed by atoms with E-state index in [1.165, 1.54) is 16.9 Å². The Balaban J connectivity index is 1.66. The maximum absolute atomic E-state index is 12.2. The number of carbonyl (C=O) groups is 1. The Labute approximate surface area is 156 Å². The van der Waals surface area contributed by atoms with E-state index in [4.69, 9.17) is 11.6 Å². The number of hydrogen-bond acceptors (Lipinski definition) is 3. The molecule has 128 valence electrons. The van der Waals surface area contributed by atoms with Crippen molar-refractivity contribution in [2.75, 3.05) is 5.32 Å². The van der Waals surface area contributed by atoms with Crippen molar-refractivity contribution in [2.45, 2.75) is 19.5 Å². The molecule has 0 saturated heterocycles. The summed E-state index contributed by atoms with van der Waals surface area (Å²) in [6.07, 6.45) is 0. The van der Waals surface area contributed by atoms with Crippen molar-refractivity contribution in [2.24, 2.45) is 0 Å². The van der Waals surface area contributed by atoms with Gasteiger partial charge < -0.3 is 10.6 Å². The zero-order valence-electron chi connectivity index (χ0n) is 13.8. The van der Waals surface area contributed by atoms with E-state index in [0.29, 0.717) is 22.8 Å². The van der Waals surface area contributed by atoms with Gasteiger partial charge in [0.2, 0.25) is 0 Å². The van der Waals surface area contributed by atoms with Crippen LogP contribution in [0.15, 0.2) is 65.4 Å². The average molecular weight is 371 g/mol. The molecule has 0 aliphatic heterocycles. The summed E-state index contributed by atoms with van der Waals surface area (Å²) in [5, 5.41) is 10.6. The molecule has 1 heterocycles. The molecule has 2 N–H and O–H groups in total. The molecule has 0 fully saturated rings. The summed E-state index contributed by atoms with van der Waals surface area (Å²) in [6, 6.07) is 18.0. The van der Waals surface area contributed by atoms with E-state index >= 15 is 0 Å². The second-order valence-electron chi connectivity index (χ2n) is 5.79. The van der Waals surface area contributed by atoms with E-state index < -0.39 is 0 Å². The van der Waals surface area contributed by atoms with Gasteiger partial charge in [-0.3, -0.25) is 4.79 Å². The van der Waals surface area contributed by atoms with Crippen molar-refractivity contribution in [3.63, 3.8) is 0 Å². The SMILES string of the molecule is CC(NCc1ccc(Cl)c(NC(=O)c2ccsc2)c1)c1ccccc1. The first-order chi connectivity index (χ1) is 12.1. The van der Waals surface area contributed by atoms with Crippen molar-refractivity contribution >= 4 is 34.5 Å². The molecule has 5 heteroatoms. The van der Waals surface area contributed by atoms with E-state index in [9.17, 15) is 4.79 Å². The second kappa shape index (κ2) is 8.30. The van der Waals surface area contributed by atoms with E-state index in [0.717, 1.165) is 5.56 Å². The minimum absolute atomic E-state index is 0.147. The van der Waals surface area contributed by atoms with Gasteiger partial charge in [0.25, 0.3) is 5.91 Å². The summed E-state index contributed by atoms with van der Waals surface area (Å²) in [7, 11) is 0. The number of rotatable bonds is 6. The largest absolute Gasteiger partial charge is 0.321 e. The van der Waals surface area contributed by atoms with Crippen molar-refractivity contribution in [3.8, 4) is 0 Å². The molecule has 0 aliphatic carbocycles. The molecule has 1 aromatic heterocycles. The number of hydrogen-bond donors (Lipinski definition) is 2. The zero-order valence-corrected chi connectivity index (χ0v) is 15.4. The highest BCUT2D eigenvalue weighted by atomic mass is 35.5. The predicted octanol–water partition coefficient (Wildman–Crippen LogP) is 5.50. The highest BCUT2D eigenvalue weighted by Gasteiger charge is 2.10. The molecule has 0 spiro atoms. The van der Waals surface area contributed by atoms with Crippen molar-refractivity contribution in [3.05, 3.63) is 87.1 Å². The third-order valence-electron chi connectivity index (χ3n) is 3.97. The topological polar surface area (TPSA) is 41.1 Å². The summed E-state index contributed by atoms with van der Waals surface area (Å²) < 4.78 is 0. The highest BCUT2D eigenvalue weighted by Crippen LogP contribution is 2.24. The molecule has 3 rings (SSSR count). The molecule has 1 unspecified atom stereocenters.